The number of carbonyl (C=O) groups is 2. The van der Waals surface area contributed by atoms with Crippen LogP contribution in [-0.2, 0) is 14.3 Å². The van der Waals surface area contributed by atoms with Gasteiger partial charge in [-0.3, -0.25) is 9.59 Å². The monoisotopic (exact) mass is 304 g/mol. The van der Waals surface area contributed by atoms with Crippen LogP contribution in [0.4, 0.5) is 0 Å². The lowest BCUT2D eigenvalue weighted by Gasteiger charge is -2.16. The van der Waals surface area contributed by atoms with E-state index in [-0.39, 0.29) is 35.6 Å². The number of aryl methyl sites for hydroxylation is 1. The number of rotatable bonds is 2. The van der Waals surface area contributed by atoms with Gasteiger partial charge in [-0.1, -0.05) is 11.8 Å². The van der Waals surface area contributed by atoms with Crippen molar-refractivity contribution in [3.8, 4) is 0 Å². The number of carbonyl (C=O) groups excluding carboxylic acids is 2. The standard InChI is InChI=1S/C15H16N2O3S/c1-6-5-16-15(21-2)17-12(6)11-13(18)9-7-3-4-8(20-7)10(9)14(11)19/h5,7-11H,3-4H2,1-2H3/t7-,8+,9-,10?,11?/m1/s1. The molecule has 1 aliphatic carbocycles. The Labute approximate surface area is 126 Å². The first-order valence-electron chi connectivity index (χ1n) is 7.22. The molecular formula is C15H16N2O3S. The van der Waals surface area contributed by atoms with Crippen molar-refractivity contribution >= 4 is 23.3 Å². The van der Waals surface area contributed by atoms with E-state index in [2.05, 4.69) is 9.97 Å². The predicted molar refractivity (Wildman–Crippen MR) is 76.2 cm³/mol. The predicted octanol–water partition coefficient (Wildman–Crippen LogP) is 1.54. The Hall–Kier alpha value is -1.27. The van der Waals surface area contributed by atoms with Gasteiger partial charge in [0.2, 0.25) is 0 Å². The van der Waals surface area contributed by atoms with Crippen molar-refractivity contribution in [2.75, 3.05) is 6.26 Å². The second-order valence-electron chi connectivity index (χ2n) is 6.00. The molecule has 110 valence electrons. The highest BCUT2D eigenvalue weighted by atomic mass is 32.2. The van der Waals surface area contributed by atoms with Crippen LogP contribution in [0.2, 0.25) is 0 Å². The zero-order valence-corrected chi connectivity index (χ0v) is 12.7. The van der Waals surface area contributed by atoms with Gasteiger partial charge in [0.05, 0.1) is 29.7 Å². The molecule has 0 N–H and O–H groups in total. The number of thioether (sulfide) groups is 1. The van der Waals surface area contributed by atoms with E-state index in [0.29, 0.717) is 10.9 Å². The molecule has 3 heterocycles. The van der Waals surface area contributed by atoms with E-state index in [1.54, 1.807) is 6.20 Å². The number of ketones is 2. The van der Waals surface area contributed by atoms with Crippen molar-refractivity contribution in [3.05, 3.63) is 17.5 Å². The van der Waals surface area contributed by atoms with Crippen LogP contribution in [0.15, 0.2) is 11.4 Å². The minimum absolute atomic E-state index is 0.00560. The minimum atomic E-state index is -0.708. The Bertz CT molecular complexity index is 620. The molecule has 0 aromatic carbocycles. The molecule has 2 unspecified atom stereocenters. The summed E-state index contributed by atoms with van der Waals surface area (Å²) in [5.74, 6) is -1.18. The summed E-state index contributed by atoms with van der Waals surface area (Å²) in [6, 6.07) is 0. The average Bonchev–Trinajstić information content (AvgIpc) is 3.15. The third kappa shape index (κ3) is 1.75. The Morgan fingerprint density at radius 3 is 2.38 bits per heavy atom. The van der Waals surface area contributed by atoms with Crippen LogP contribution < -0.4 is 0 Å². The number of hydrogen-bond acceptors (Lipinski definition) is 6. The Morgan fingerprint density at radius 1 is 1.19 bits per heavy atom. The molecule has 3 fully saturated rings. The molecule has 4 rings (SSSR count). The van der Waals surface area contributed by atoms with Crippen molar-refractivity contribution in [3.63, 3.8) is 0 Å². The van der Waals surface area contributed by atoms with Crippen LogP contribution in [0.3, 0.4) is 0 Å². The number of aromatic nitrogens is 2. The summed E-state index contributed by atoms with van der Waals surface area (Å²) in [6.07, 6.45) is 5.28. The molecule has 1 aromatic heterocycles. The van der Waals surface area contributed by atoms with Gasteiger partial charge in [0.1, 0.15) is 5.92 Å². The van der Waals surface area contributed by atoms with E-state index in [4.69, 9.17) is 4.74 Å². The fraction of sp³-hybridized carbons (Fsp3) is 0.600. The fourth-order valence-corrected chi connectivity index (χ4v) is 4.37. The van der Waals surface area contributed by atoms with Crippen molar-refractivity contribution in [1.29, 1.82) is 0 Å². The highest BCUT2D eigenvalue weighted by molar-refractivity contribution is 7.98. The maximum absolute atomic E-state index is 12.8. The van der Waals surface area contributed by atoms with Crippen LogP contribution >= 0.6 is 11.8 Å². The molecule has 5 nitrogen and oxygen atoms in total. The number of Topliss-reactive ketones (excluding diaryl/α,β-unsaturated/α-hetero) is 2. The first-order chi connectivity index (χ1) is 10.1. The van der Waals surface area contributed by atoms with Crippen LogP contribution in [0.5, 0.6) is 0 Å². The van der Waals surface area contributed by atoms with Gasteiger partial charge in [0.15, 0.2) is 16.7 Å². The summed E-state index contributed by atoms with van der Waals surface area (Å²) >= 11 is 1.42. The third-order valence-electron chi connectivity index (χ3n) is 4.94. The van der Waals surface area contributed by atoms with Crippen molar-refractivity contribution in [2.24, 2.45) is 11.8 Å². The van der Waals surface area contributed by atoms with E-state index < -0.39 is 5.92 Å². The van der Waals surface area contributed by atoms with Crippen molar-refractivity contribution in [1.82, 2.24) is 9.97 Å². The van der Waals surface area contributed by atoms with Gasteiger partial charge in [-0.2, -0.15) is 0 Å². The average molecular weight is 304 g/mol. The summed E-state index contributed by atoms with van der Waals surface area (Å²) in [7, 11) is 0. The summed E-state index contributed by atoms with van der Waals surface area (Å²) in [4.78, 5) is 34.2. The van der Waals surface area contributed by atoms with Gasteiger partial charge < -0.3 is 4.74 Å². The van der Waals surface area contributed by atoms with Crippen molar-refractivity contribution < 1.29 is 14.3 Å². The molecular weight excluding hydrogens is 288 g/mol. The molecule has 1 saturated carbocycles. The van der Waals surface area contributed by atoms with Crippen molar-refractivity contribution in [2.45, 2.75) is 43.0 Å². The lowest BCUT2D eigenvalue weighted by molar-refractivity contribution is -0.127. The molecule has 21 heavy (non-hydrogen) atoms. The molecule has 0 radical (unpaired) electrons. The van der Waals surface area contributed by atoms with Gasteiger partial charge >= 0.3 is 0 Å². The van der Waals surface area contributed by atoms with Crippen LogP contribution in [-0.4, -0.2) is 40.0 Å². The zero-order chi connectivity index (χ0) is 14.7. The van der Waals surface area contributed by atoms with Crippen LogP contribution in [0.1, 0.15) is 30.0 Å². The lowest BCUT2D eigenvalue weighted by Crippen LogP contribution is -2.29. The molecule has 5 atom stereocenters. The fourth-order valence-electron chi connectivity index (χ4n) is 4.02. The minimum Gasteiger partial charge on any atom is -0.373 e. The van der Waals surface area contributed by atoms with Crippen LogP contribution in [0, 0.1) is 18.8 Å². The normalized spacial score (nSPS) is 37.3. The first kappa shape index (κ1) is 13.4. The maximum atomic E-state index is 12.8. The molecule has 0 amide bonds. The molecule has 1 aromatic rings. The Kier molecular flexibility index (Phi) is 2.94. The Morgan fingerprint density at radius 2 is 1.81 bits per heavy atom. The van der Waals surface area contributed by atoms with Crippen LogP contribution in [0.25, 0.3) is 0 Å². The third-order valence-corrected chi connectivity index (χ3v) is 5.51. The Balaban J connectivity index is 1.77. The van der Waals surface area contributed by atoms with E-state index in [9.17, 15) is 9.59 Å². The SMILES string of the molecule is CSc1ncc(C)c(C2C(=O)C3[C@@H]4CC[C@@H](O4)[C@H]3C2=O)n1. The summed E-state index contributed by atoms with van der Waals surface area (Å²) < 4.78 is 5.76. The lowest BCUT2D eigenvalue weighted by atomic mass is 9.81. The molecule has 6 heteroatoms. The smallest absolute Gasteiger partial charge is 0.187 e. The van der Waals surface area contributed by atoms with E-state index in [0.717, 1.165) is 18.4 Å². The highest BCUT2D eigenvalue weighted by Gasteiger charge is 2.63. The second kappa shape index (κ2) is 4.61. The number of nitrogens with zero attached hydrogens (tertiary/aromatic N) is 2. The molecule has 2 saturated heterocycles. The summed E-state index contributed by atoms with van der Waals surface area (Å²) in [6.45, 7) is 1.86. The topological polar surface area (TPSA) is 69.2 Å². The largest absolute Gasteiger partial charge is 0.373 e. The van der Waals surface area contributed by atoms with E-state index in [1.165, 1.54) is 11.8 Å². The number of ether oxygens (including phenoxy) is 1. The van der Waals surface area contributed by atoms with Gasteiger partial charge in [0, 0.05) is 6.20 Å². The van der Waals surface area contributed by atoms with Gasteiger partial charge in [-0.15, -0.1) is 0 Å². The summed E-state index contributed by atoms with van der Waals surface area (Å²) in [5.41, 5.74) is 1.41. The van der Waals surface area contributed by atoms with Gasteiger partial charge in [-0.25, -0.2) is 9.97 Å². The number of hydrogen-bond donors (Lipinski definition) is 0. The zero-order valence-electron chi connectivity index (χ0n) is 11.9. The molecule has 2 aliphatic heterocycles. The maximum Gasteiger partial charge on any atom is 0.187 e. The first-order valence-corrected chi connectivity index (χ1v) is 8.44. The molecule has 2 bridgehead atoms. The summed E-state index contributed by atoms with van der Waals surface area (Å²) in [5, 5.41) is 0.604. The quantitative estimate of drug-likeness (QED) is 0.469. The van der Waals surface area contributed by atoms with Gasteiger partial charge in [-0.05, 0) is 31.6 Å². The van der Waals surface area contributed by atoms with E-state index in [1.807, 2.05) is 13.2 Å². The molecule has 3 aliphatic rings. The highest BCUT2D eigenvalue weighted by Crippen LogP contribution is 2.52. The molecule has 0 spiro atoms. The second-order valence-corrected chi connectivity index (χ2v) is 6.78. The van der Waals surface area contributed by atoms with Gasteiger partial charge in [0.25, 0.3) is 0 Å². The number of fused-ring (bicyclic) bond motifs is 5. The van der Waals surface area contributed by atoms with E-state index >= 15 is 0 Å².